The number of carbonyl (C=O) groups is 2. The van der Waals surface area contributed by atoms with Gasteiger partial charge in [-0.2, -0.15) is 0 Å². The monoisotopic (exact) mass is 506 g/mol. The second-order valence-corrected chi connectivity index (χ2v) is 9.65. The number of benzene rings is 2. The summed E-state index contributed by atoms with van der Waals surface area (Å²) in [7, 11) is -0.202. The molecule has 6 N–H and O–H groups in total. The van der Waals surface area contributed by atoms with Crippen molar-refractivity contribution in [3.8, 4) is 0 Å². The average molecular weight is 507 g/mol. The first-order chi connectivity index (χ1) is 16.6. The van der Waals surface area contributed by atoms with Gasteiger partial charge in [-0.05, 0) is 31.9 Å². The molecule has 0 saturated carbocycles. The van der Waals surface area contributed by atoms with Gasteiger partial charge in [0.25, 0.3) is 10.0 Å². The number of carbonyl (C=O) groups excluding carboxylic acids is 2. The summed E-state index contributed by atoms with van der Waals surface area (Å²) in [6, 6.07) is 9.84. The fourth-order valence-electron chi connectivity index (χ4n) is 3.54. The molecule has 0 saturated heterocycles. The zero-order valence-electron chi connectivity index (χ0n) is 20.3. The number of sulfonamides is 1. The number of hydrogen-bond donors (Lipinski definition) is 4. The summed E-state index contributed by atoms with van der Waals surface area (Å²) in [5.74, 6) is -1.17. The number of nitrogens with two attached hydrogens (primary N) is 2. The molecule has 0 aliphatic rings. The third-order valence-corrected chi connectivity index (χ3v) is 6.58. The van der Waals surface area contributed by atoms with Gasteiger partial charge in [-0.3, -0.25) is 14.6 Å². The Morgan fingerprint density at radius 1 is 1.11 bits per heavy atom. The lowest BCUT2D eigenvalue weighted by Crippen LogP contribution is -2.42. The molecule has 35 heavy (non-hydrogen) atoms. The maximum Gasteiger partial charge on any atom is 0.307 e. The molecular weight excluding hydrogens is 472 g/mol. The molecule has 0 aromatic heterocycles. The summed E-state index contributed by atoms with van der Waals surface area (Å²) in [6.07, 6.45) is 0.885. The van der Waals surface area contributed by atoms with Crippen molar-refractivity contribution in [3.05, 3.63) is 36.4 Å². The van der Waals surface area contributed by atoms with Crippen LogP contribution in [0.1, 0.15) is 26.2 Å². The minimum absolute atomic E-state index is 0.0939. The van der Waals surface area contributed by atoms with Gasteiger partial charge in [-0.1, -0.05) is 24.3 Å². The van der Waals surface area contributed by atoms with Crippen LogP contribution in [-0.4, -0.2) is 66.1 Å². The van der Waals surface area contributed by atoms with Gasteiger partial charge in [-0.25, -0.2) is 13.1 Å². The Kier molecular flexibility index (Phi) is 10.3. The van der Waals surface area contributed by atoms with Crippen molar-refractivity contribution in [2.45, 2.75) is 37.1 Å². The number of ether oxygens (including phenoxy) is 1. The van der Waals surface area contributed by atoms with Gasteiger partial charge in [0.05, 0.1) is 24.0 Å². The lowest BCUT2D eigenvalue weighted by molar-refractivity contribution is -0.143. The van der Waals surface area contributed by atoms with Gasteiger partial charge in [0, 0.05) is 43.6 Å². The van der Waals surface area contributed by atoms with E-state index in [0.717, 1.165) is 11.1 Å². The Balaban J connectivity index is 1.98. The summed E-state index contributed by atoms with van der Waals surface area (Å²) in [5.41, 5.74) is 12.1. The number of hydrogen-bond acceptors (Lipinski definition) is 8. The van der Waals surface area contributed by atoms with E-state index in [9.17, 15) is 18.0 Å². The first kappa shape index (κ1) is 27.9. The Morgan fingerprint density at radius 2 is 1.80 bits per heavy atom. The van der Waals surface area contributed by atoms with Crippen LogP contribution in [0, 0.1) is 0 Å². The fraction of sp³-hybridized carbons (Fsp3) is 0.435. The Hall–Kier alpha value is -3.38. The van der Waals surface area contributed by atoms with Gasteiger partial charge in [-0.15, -0.1) is 0 Å². The maximum atomic E-state index is 13.0. The van der Waals surface area contributed by atoms with Crippen LogP contribution in [0.2, 0.25) is 0 Å². The van der Waals surface area contributed by atoms with Crippen molar-refractivity contribution >= 4 is 44.3 Å². The number of esters is 1. The van der Waals surface area contributed by atoms with Crippen molar-refractivity contribution in [2.75, 3.05) is 38.7 Å². The molecule has 0 aliphatic carbocycles. The number of nitrogens with one attached hydrogen (secondary N) is 2. The van der Waals surface area contributed by atoms with Crippen LogP contribution >= 0.6 is 0 Å². The summed E-state index contributed by atoms with van der Waals surface area (Å²) in [6.45, 7) is 2.43. The van der Waals surface area contributed by atoms with Gasteiger partial charge in [0.2, 0.25) is 11.9 Å². The van der Waals surface area contributed by atoms with Crippen LogP contribution in [0.25, 0.3) is 10.8 Å². The van der Waals surface area contributed by atoms with Gasteiger partial charge in [0.15, 0.2) is 0 Å². The molecule has 0 fully saturated rings. The zero-order chi connectivity index (χ0) is 26.0. The summed E-state index contributed by atoms with van der Waals surface area (Å²) in [5, 5.41) is 4.28. The van der Waals surface area contributed by atoms with Crippen LogP contribution in [0.4, 0.5) is 5.69 Å². The highest BCUT2D eigenvalue weighted by Crippen LogP contribution is 2.30. The number of guanidine groups is 1. The predicted octanol–water partition coefficient (Wildman–Crippen LogP) is 0.676. The van der Waals surface area contributed by atoms with E-state index in [-0.39, 0.29) is 36.3 Å². The Labute approximate surface area is 205 Å². The van der Waals surface area contributed by atoms with Crippen LogP contribution in [0.5, 0.6) is 0 Å². The Morgan fingerprint density at radius 3 is 2.46 bits per heavy atom. The van der Waals surface area contributed by atoms with Crippen LogP contribution < -0.4 is 26.4 Å². The molecule has 2 rings (SSSR count). The van der Waals surface area contributed by atoms with Crippen molar-refractivity contribution in [1.82, 2.24) is 10.0 Å². The zero-order valence-corrected chi connectivity index (χ0v) is 21.1. The minimum atomic E-state index is -3.98. The number of amides is 1. The van der Waals surface area contributed by atoms with E-state index in [0.29, 0.717) is 24.8 Å². The van der Waals surface area contributed by atoms with Gasteiger partial charge >= 0.3 is 5.97 Å². The molecule has 11 nitrogen and oxygen atoms in total. The molecule has 0 heterocycles. The lowest BCUT2D eigenvalue weighted by Gasteiger charge is -2.17. The molecule has 0 aliphatic heterocycles. The molecule has 0 bridgehead atoms. The summed E-state index contributed by atoms with van der Waals surface area (Å²) < 4.78 is 33.1. The van der Waals surface area contributed by atoms with E-state index < -0.39 is 22.0 Å². The highest BCUT2D eigenvalue weighted by Gasteiger charge is 2.20. The third kappa shape index (κ3) is 8.11. The number of anilines is 1. The predicted molar refractivity (Wildman–Crippen MR) is 137 cm³/mol. The maximum absolute atomic E-state index is 13.0. The van der Waals surface area contributed by atoms with Crippen LogP contribution in [-0.2, 0) is 24.3 Å². The van der Waals surface area contributed by atoms with Crippen molar-refractivity contribution in [2.24, 2.45) is 16.5 Å². The molecule has 0 radical (unpaired) electrons. The van der Waals surface area contributed by atoms with Crippen molar-refractivity contribution < 1.29 is 22.7 Å². The van der Waals surface area contributed by atoms with E-state index in [1.807, 2.05) is 31.1 Å². The van der Waals surface area contributed by atoms with Gasteiger partial charge in [0.1, 0.15) is 0 Å². The lowest BCUT2D eigenvalue weighted by atomic mass is 10.1. The number of aliphatic imine (C=N–C) groups is 1. The van der Waals surface area contributed by atoms with Gasteiger partial charge < -0.3 is 26.4 Å². The van der Waals surface area contributed by atoms with E-state index in [1.165, 1.54) is 6.07 Å². The van der Waals surface area contributed by atoms with E-state index in [1.54, 1.807) is 25.1 Å². The normalized spacial score (nSPS) is 12.8. The number of nitrogens with zero attached hydrogens (tertiary/aromatic N) is 2. The molecule has 192 valence electrons. The summed E-state index contributed by atoms with van der Waals surface area (Å²) in [4.78, 5) is 29.1. The van der Waals surface area contributed by atoms with Crippen molar-refractivity contribution in [3.63, 3.8) is 0 Å². The quantitative estimate of drug-likeness (QED) is 0.133. The first-order valence-corrected chi connectivity index (χ1v) is 12.7. The molecule has 0 spiro atoms. The summed E-state index contributed by atoms with van der Waals surface area (Å²) >= 11 is 0. The number of rotatable bonds is 13. The average Bonchev–Trinajstić information content (AvgIpc) is 2.79. The Bertz CT molecular complexity index is 1170. The highest BCUT2D eigenvalue weighted by atomic mass is 32.2. The second kappa shape index (κ2) is 12.9. The van der Waals surface area contributed by atoms with Crippen molar-refractivity contribution in [1.29, 1.82) is 0 Å². The third-order valence-electron chi connectivity index (χ3n) is 5.17. The van der Waals surface area contributed by atoms with E-state index >= 15 is 0 Å². The standard InChI is InChI=1S/C23H34N6O5S/c1-4-34-21(30)13-15-26-18(22(24)31)10-7-14-27-23(25)28-35(32,33)20-12-6-8-16-17(20)9-5-11-19(16)29(2)3/h5-6,8-9,11-12,18,26H,4,7,10,13-15H2,1-3H3,(H2,24,31)(H3,25,27,28)/t18-/m0/s1. The smallest absolute Gasteiger partial charge is 0.307 e. The SMILES string of the molecule is CCOC(=O)CCN[C@@H](CCCN=C(N)NS(=O)(=O)c1cccc2c(N(C)C)cccc12)C(N)=O. The molecule has 2 aromatic rings. The molecule has 1 atom stereocenters. The molecule has 12 heteroatoms. The first-order valence-electron chi connectivity index (χ1n) is 11.3. The number of fused-ring (bicyclic) bond motifs is 1. The van der Waals surface area contributed by atoms with E-state index in [2.05, 4.69) is 15.0 Å². The molecule has 2 aromatic carbocycles. The van der Waals surface area contributed by atoms with E-state index in [4.69, 9.17) is 16.2 Å². The molecular formula is C23H34N6O5S. The highest BCUT2D eigenvalue weighted by molar-refractivity contribution is 7.90. The minimum Gasteiger partial charge on any atom is -0.466 e. The number of primary amides is 1. The second-order valence-electron chi connectivity index (χ2n) is 8.00. The fourth-order valence-corrected chi connectivity index (χ4v) is 4.71. The molecule has 0 unspecified atom stereocenters. The topological polar surface area (TPSA) is 169 Å². The largest absolute Gasteiger partial charge is 0.466 e. The van der Waals surface area contributed by atoms with Crippen LogP contribution in [0.15, 0.2) is 46.3 Å². The van der Waals surface area contributed by atoms with Crippen LogP contribution in [0.3, 0.4) is 0 Å². The molecule has 1 amide bonds.